The van der Waals surface area contributed by atoms with Crippen LogP contribution in [0.4, 0.5) is 0 Å². The summed E-state index contributed by atoms with van der Waals surface area (Å²) in [5.74, 6) is 0.111. The minimum absolute atomic E-state index is 0.111. The number of rotatable bonds is 7. The molecule has 0 spiro atoms. The van der Waals surface area contributed by atoms with Crippen LogP contribution in [-0.2, 0) is 27.5 Å². The number of benzene rings is 1. The lowest BCUT2D eigenvalue weighted by Gasteiger charge is -2.14. The summed E-state index contributed by atoms with van der Waals surface area (Å²) in [7, 11) is -3.44. The average molecular weight is 283 g/mol. The first-order valence-corrected chi connectivity index (χ1v) is 8.42. The lowest BCUT2D eigenvalue weighted by Crippen LogP contribution is -2.24. The van der Waals surface area contributed by atoms with E-state index >= 15 is 0 Å². The summed E-state index contributed by atoms with van der Waals surface area (Å²) in [5.41, 5.74) is 2.28. The van der Waals surface area contributed by atoms with E-state index in [0.717, 1.165) is 30.4 Å². The third kappa shape index (κ3) is 4.30. The van der Waals surface area contributed by atoms with Crippen LogP contribution in [0, 0.1) is 0 Å². The van der Waals surface area contributed by atoms with Gasteiger partial charge in [0.2, 0.25) is 0 Å². The van der Waals surface area contributed by atoms with Gasteiger partial charge in [-0.25, -0.2) is 0 Å². The van der Waals surface area contributed by atoms with Crippen molar-refractivity contribution in [2.45, 2.75) is 45.7 Å². The van der Waals surface area contributed by atoms with Crippen molar-refractivity contribution in [3.63, 3.8) is 0 Å². The van der Waals surface area contributed by atoms with E-state index < -0.39 is 10.1 Å². The highest BCUT2D eigenvalue weighted by Gasteiger charge is 2.24. The van der Waals surface area contributed by atoms with Gasteiger partial charge < -0.3 is 0 Å². The molecule has 0 bridgehead atoms. The summed E-state index contributed by atoms with van der Waals surface area (Å²) in [6.45, 7) is 3.20. The number of hydrogen-bond acceptors (Lipinski definition) is 4. The van der Waals surface area contributed by atoms with Crippen LogP contribution in [0.3, 0.4) is 0 Å². The molecule has 5 heteroatoms. The van der Waals surface area contributed by atoms with Crippen molar-refractivity contribution in [2.75, 3.05) is 5.75 Å². The Bertz CT molecular complexity index is 488. The molecular formula is C14H21NO3S. The molecule has 0 radical (unpaired) electrons. The molecule has 1 heterocycles. The summed E-state index contributed by atoms with van der Waals surface area (Å²) in [6.07, 6.45) is 3.79. The second-order valence-electron chi connectivity index (χ2n) is 4.96. The van der Waals surface area contributed by atoms with Gasteiger partial charge in [0.15, 0.2) is 0 Å². The zero-order valence-electron chi connectivity index (χ0n) is 11.3. The lowest BCUT2D eigenvalue weighted by atomic mass is 10.1. The van der Waals surface area contributed by atoms with Crippen molar-refractivity contribution < 1.29 is 12.7 Å². The Morgan fingerprint density at radius 2 is 1.74 bits per heavy atom. The predicted octanol–water partition coefficient (Wildman–Crippen LogP) is 2.84. The minimum atomic E-state index is -3.44. The number of hydrogen-bond donors (Lipinski definition) is 0. The molecule has 0 N–H and O–H groups in total. The summed E-state index contributed by atoms with van der Waals surface area (Å²) < 4.78 is 28.8. The number of hydroxylamine groups is 2. The Morgan fingerprint density at radius 3 is 2.32 bits per heavy atom. The average Bonchev–Trinajstić information content (AvgIpc) is 2.75. The van der Waals surface area contributed by atoms with Crippen LogP contribution in [0.15, 0.2) is 24.3 Å². The van der Waals surface area contributed by atoms with Crippen molar-refractivity contribution in [3.8, 4) is 0 Å². The Kier molecular flexibility index (Phi) is 4.96. The molecule has 0 saturated heterocycles. The number of fused-ring (bicyclic) bond motifs is 1. The van der Waals surface area contributed by atoms with E-state index in [4.69, 9.17) is 4.28 Å². The van der Waals surface area contributed by atoms with Gasteiger partial charge >= 0.3 is 0 Å². The molecule has 0 aliphatic carbocycles. The van der Waals surface area contributed by atoms with E-state index in [1.165, 1.54) is 5.06 Å². The van der Waals surface area contributed by atoms with Crippen molar-refractivity contribution in [3.05, 3.63) is 35.4 Å². The van der Waals surface area contributed by atoms with Crippen LogP contribution in [0.5, 0.6) is 0 Å². The maximum absolute atomic E-state index is 11.8. The van der Waals surface area contributed by atoms with Crippen LogP contribution in [-0.4, -0.2) is 19.2 Å². The van der Waals surface area contributed by atoms with Crippen LogP contribution < -0.4 is 0 Å². The van der Waals surface area contributed by atoms with Gasteiger partial charge in [-0.3, -0.25) is 0 Å². The molecule has 106 valence electrons. The Balaban J connectivity index is 1.82. The monoisotopic (exact) mass is 283 g/mol. The second-order valence-corrected chi connectivity index (χ2v) is 6.64. The minimum Gasteiger partial charge on any atom is -0.198 e. The van der Waals surface area contributed by atoms with Gasteiger partial charge in [-0.15, -0.1) is 0 Å². The van der Waals surface area contributed by atoms with Crippen molar-refractivity contribution in [1.82, 2.24) is 5.06 Å². The van der Waals surface area contributed by atoms with Crippen molar-refractivity contribution in [2.24, 2.45) is 0 Å². The van der Waals surface area contributed by atoms with Crippen LogP contribution in [0.2, 0.25) is 0 Å². The van der Waals surface area contributed by atoms with Gasteiger partial charge in [-0.1, -0.05) is 50.5 Å². The number of nitrogens with zero attached hydrogens (tertiary/aromatic N) is 1. The van der Waals surface area contributed by atoms with Gasteiger partial charge in [0.1, 0.15) is 0 Å². The predicted molar refractivity (Wildman–Crippen MR) is 74.7 cm³/mol. The smallest absolute Gasteiger partial charge is 0.198 e. The van der Waals surface area contributed by atoms with E-state index in [9.17, 15) is 8.42 Å². The topological polar surface area (TPSA) is 46.6 Å². The van der Waals surface area contributed by atoms with Crippen molar-refractivity contribution in [1.29, 1.82) is 0 Å². The molecule has 1 aromatic carbocycles. The fourth-order valence-electron chi connectivity index (χ4n) is 2.26. The van der Waals surface area contributed by atoms with E-state index in [-0.39, 0.29) is 5.75 Å². The third-order valence-corrected chi connectivity index (χ3v) is 4.51. The second kappa shape index (κ2) is 6.50. The Morgan fingerprint density at radius 1 is 1.11 bits per heavy atom. The molecule has 4 nitrogen and oxygen atoms in total. The van der Waals surface area contributed by atoms with Crippen LogP contribution in [0.25, 0.3) is 0 Å². The van der Waals surface area contributed by atoms with Gasteiger partial charge in [0, 0.05) is 0 Å². The van der Waals surface area contributed by atoms with Gasteiger partial charge in [-0.2, -0.15) is 17.8 Å². The molecule has 19 heavy (non-hydrogen) atoms. The zero-order valence-corrected chi connectivity index (χ0v) is 12.2. The standard InChI is InChI=1S/C14H21NO3S/c1-2-3-4-7-10-19(16,17)18-15-11-13-8-5-6-9-14(13)12-15/h5-6,8-9H,2-4,7,10-12H2,1H3. The van der Waals surface area contributed by atoms with Gasteiger partial charge in [0.25, 0.3) is 10.1 Å². The molecule has 0 fully saturated rings. The van der Waals surface area contributed by atoms with Crippen molar-refractivity contribution >= 4 is 10.1 Å². The maximum atomic E-state index is 11.8. The van der Waals surface area contributed by atoms with Gasteiger partial charge in [0.05, 0.1) is 18.8 Å². The number of unbranched alkanes of at least 4 members (excludes halogenated alkanes) is 3. The molecule has 0 amide bonds. The zero-order chi connectivity index (χ0) is 13.7. The summed E-state index contributed by atoms with van der Waals surface area (Å²) in [6, 6.07) is 7.93. The quantitative estimate of drug-likeness (QED) is 0.722. The molecule has 2 rings (SSSR count). The fraction of sp³-hybridized carbons (Fsp3) is 0.571. The molecule has 0 atom stereocenters. The SMILES string of the molecule is CCCCCCS(=O)(=O)ON1Cc2ccccc2C1. The Labute approximate surface area is 115 Å². The van der Waals surface area contributed by atoms with E-state index in [1.54, 1.807) is 0 Å². The van der Waals surface area contributed by atoms with Crippen LogP contribution in [0.1, 0.15) is 43.7 Å². The summed E-state index contributed by atoms with van der Waals surface area (Å²) in [4.78, 5) is 0. The molecular weight excluding hydrogens is 262 g/mol. The molecule has 1 aliphatic heterocycles. The third-order valence-electron chi connectivity index (χ3n) is 3.28. The molecule has 1 aromatic rings. The highest BCUT2D eigenvalue weighted by molar-refractivity contribution is 7.86. The first-order chi connectivity index (χ1) is 9.11. The first-order valence-electron chi connectivity index (χ1n) is 6.85. The first kappa shape index (κ1) is 14.5. The summed E-state index contributed by atoms with van der Waals surface area (Å²) >= 11 is 0. The molecule has 0 saturated carbocycles. The van der Waals surface area contributed by atoms with E-state index in [1.807, 2.05) is 24.3 Å². The van der Waals surface area contributed by atoms with Crippen LogP contribution >= 0.6 is 0 Å². The normalized spacial score (nSPS) is 15.6. The highest BCUT2D eigenvalue weighted by Crippen LogP contribution is 2.23. The lowest BCUT2D eigenvalue weighted by molar-refractivity contribution is -0.0571. The molecule has 1 aliphatic rings. The Hall–Kier alpha value is -0.910. The molecule has 0 unspecified atom stereocenters. The fourth-order valence-corrected chi connectivity index (χ4v) is 3.32. The maximum Gasteiger partial charge on any atom is 0.283 e. The van der Waals surface area contributed by atoms with E-state index in [2.05, 4.69) is 6.92 Å². The largest absolute Gasteiger partial charge is 0.283 e. The highest BCUT2D eigenvalue weighted by atomic mass is 32.2. The van der Waals surface area contributed by atoms with Gasteiger partial charge in [-0.05, 0) is 17.5 Å². The van der Waals surface area contributed by atoms with E-state index in [0.29, 0.717) is 19.5 Å². The summed E-state index contributed by atoms with van der Waals surface area (Å²) in [5, 5.41) is 1.53. The molecule has 0 aromatic heterocycles.